The number of carbonyl (C=O) groups is 3. The van der Waals surface area contributed by atoms with Crippen LogP contribution in [0.15, 0.2) is 36.4 Å². The summed E-state index contributed by atoms with van der Waals surface area (Å²) in [6.45, 7) is -0.463. The molecular weight excluding hydrogens is 486 g/mol. The van der Waals surface area contributed by atoms with Crippen molar-refractivity contribution in [1.29, 1.82) is 0 Å². The molecule has 37 heavy (non-hydrogen) atoms. The molecule has 2 aromatic rings. The third-order valence-corrected chi connectivity index (χ3v) is 7.08. The zero-order valence-corrected chi connectivity index (χ0v) is 20.6. The van der Waals surface area contributed by atoms with Crippen LogP contribution < -0.4 is 14.2 Å². The number of carbonyl (C=O) groups excluding carboxylic acids is 3. The molecule has 0 bridgehead atoms. The molecule has 3 aliphatic rings. The molecule has 8 nitrogen and oxygen atoms in total. The van der Waals surface area contributed by atoms with Gasteiger partial charge in [-0.05, 0) is 66.6 Å². The van der Waals surface area contributed by atoms with E-state index in [0.29, 0.717) is 36.8 Å². The summed E-state index contributed by atoms with van der Waals surface area (Å²) in [5, 5.41) is 0. The number of fused-ring (bicyclic) bond motifs is 1. The SMILES string of the molecule is CC(=O)N1CC(c2ccc(OC(F)F)c(OCC3CC3)c2)C[C@@H]1C(=O)Oc1ccc2c(c1)CN(C)C2=O. The van der Waals surface area contributed by atoms with Gasteiger partial charge in [0.1, 0.15) is 11.8 Å². The first kappa shape index (κ1) is 25.0. The Kier molecular flexibility index (Phi) is 6.74. The zero-order chi connectivity index (χ0) is 26.3. The molecule has 1 saturated heterocycles. The van der Waals surface area contributed by atoms with E-state index in [4.69, 9.17) is 9.47 Å². The van der Waals surface area contributed by atoms with Crippen LogP contribution >= 0.6 is 0 Å². The molecule has 0 radical (unpaired) electrons. The molecule has 1 aliphatic carbocycles. The van der Waals surface area contributed by atoms with Crippen molar-refractivity contribution in [2.24, 2.45) is 5.92 Å². The standard InChI is InChI=1S/C27H28F2N2O6/c1-15(32)31-13-18(17-5-8-23(37-27(28)29)24(11-17)35-14-16-3-4-16)10-22(31)26(34)36-20-6-7-21-19(9-20)12-30(2)25(21)33/h5-9,11,16,18,22,27H,3-4,10,12-14H2,1-2H3/t18?,22-/m1/s1. The highest BCUT2D eigenvalue weighted by molar-refractivity contribution is 5.98. The third kappa shape index (κ3) is 5.38. The fraction of sp³-hybridized carbons (Fsp3) is 0.444. The number of ether oxygens (including phenoxy) is 3. The molecule has 2 fully saturated rings. The van der Waals surface area contributed by atoms with Gasteiger partial charge < -0.3 is 24.0 Å². The van der Waals surface area contributed by atoms with Gasteiger partial charge in [-0.15, -0.1) is 0 Å². The highest BCUT2D eigenvalue weighted by atomic mass is 19.3. The van der Waals surface area contributed by atoms with Crippen LogP contribution in [0.25, 0.3) is 0 Å². The first-order chi connectivity index (χ1) is 17.7. The van der Waals surface area contributed by atoms with Crippen molar-refractivity contribution >= 4 is 17.8 Å². The summed E-state index contributed by atoms with van der Waals surface area (Å²) >= 11 is 0. The number of hydrogen-bond donors (Lipinski definition) is 0. The van der Waals surface area contributed by atoms with Gasteiger partial charge in [-0.2, -0.15) is 8.78 Å². The Balaban J connectivity index is 1.32. The number of likely N-dealkylation sites (tertiary alicyclic amines) is 1. The van der Waals surface area contributed by atoms with Crippen LogP contribution in [0, 0.1) is 5.92 Å². The maximum atomic E-state index is 13.1. The maximum Gasteiger partial charge on any atom is 0.387 e. The number of esters is 1. The third-order valence-electron chi connectivity index (χ3n) is 7.08. The lowest BCUT2D eigenvalue weighted by molar-refractivity contribution is -0.145. The second kappa shape index (κ2) is 9.99. The van der Waals surface area contributed by atoms with Crippen LogP contribution in [0.3, 0.4) is 0 Å². The van der Waals surface area contributed by atoms with E-state index in [2.05, 4.69) is 4.74 Å². The van der Waals surface area contributed by atoms with Gasteiger partial charge in [-0.3, -0.25) is 9.59 Å². The Labute approximate surface area is 213 Å². The Morgan fingerprint density at radius 1 is 1.11 bits per heavy atom. The lowest BCUT2D eigenvalue weighted by Gasteiger charge is -2.21. The number of amides is 2. The minimum absolute atomic E-state index is 0.0440. The van der Waals surface area contributed by atoms with E-state index in [1.807, 2.05) is 0 Å². The number of halogens is 2. The van der Waals surface area contributed by atoms with Crippen molar-refractivity contribution in [3.8, 4) is 17.2 Å². The van der Waals surface area contributed by atoms with Gasteiger partial charge in [-0.1, -0.05) is 6.07 Å². The predicted octanol–water partition coefficient (Wildman–Crippen LogP) is 3.97. The van der Waals surface area contributed by atoms with Crippen molar-refractivity contribution in [2.75, 3.05) is 20.2 Å². The normalized spacial score (nSPS) is 20.8. The monoisotopic (exact) mass is 514 g/mol. The summed E-state index contributed by atoms with van der Waals surface area (Å²) in [7, 11) is 1.70. The number of alkyl halides is 2. The number of rotatable bonds is 8. The lowest BCUT2D eigenvalue weighted by Crippen LogP contribution is -2.41. The molecule has 0 N–H and O–H groups in total. The van der Waals surface area contributed by atoms with Gasteiger partial charge >= 0.3 is 12.6 Å². The van der Waals surface area contributed by atoms with Gasteiger partial charge in [0.15, 0.2) is 11.5 Å². The molecule has 2 amide bonds. The first-order valence-corrected chi connectivity index (χ1v) is 12.3. The minimum Gasteiger partial charge on any atom is -0.489 e. The minimum atomic E-state index is -2.98. The van der Waals surface area contributed by atoms with Gasteiger partial charge in [0.2, 0.25) is 5.91 Å². The Morgan fingerprint density at radius 2 is 1.89 bits per heavy atom. The van der Waals surface area contributed by atoms with E-state index in [1.165, 1.54) is 17.9 Å². The first-order valence-electron chi connectivity index (χ1n) is 12.3. The smallest absolute Gasteiger partial charge is 0.387 e. The van der Waals surface area contributed by atoms with Crippen molar-refractivity contribution in [3.63, 3.8) is 0 Å². The summed E-state index contributed by atoms with van der Waals surface area (Å²) in [5.41, 5.74) is 2.11. The van der Waals surface area contributed by atoms with E-state index in [0.717, 1.165) is 24.0 Å². The summed E-state index contributed by atoms with van der Waals surface area (Å²) in [4.78, 5) is 40.7. The molecule has 2 heterocycles. The van der Waals surface area contributed by atoms with Crippen molar-refractivity contribution < 1.29 is 37.4 Å². The number of benzene rings is 2. The number of nitrogens with zero attached hydrogens (tertiary/aromatic N) is 2. The predicted molar refractivity (Wildman–Crippen MR) is 128 cm³/mol. The molecule has 1 unspecified atom stereocenters. The molecule has 2 aliphatic heterocycles. The van der Waals surface area contributed by atoms with Crippen molar-refractivity contribution in [1.82, 2.24) is 9.80 Å². The molecule has 196 valence electrons. The lowest BCUT2D eigenvalue weighted by atomic mass is 9.96. The highest BCUT2D eigenvalue weighted by Gasteiger charge is 2.40. The van der Waals surface area contributed by atoms with Crippen LogP contribution in [0.5, 0.6) is 17.2 Å². The molecule has 5 rings (SSSR count). The van der Waals surface area contributed by atoms with Crippen LogP contribution in [-0.4, -0.2) is 60.4 Å². The van der Waals surface area contributed by atoms with Gasteiger partial charge in [0.25, 0.3) is 5.91 Å². The summed E-state index contributed by atoms with van der Waals surface area (Å²) in [6.07, 6.45) is 2.39. The van der Waals surface area contributed by atoms with Gasteiger partial charge in [0.05, 0.1) is 6.61 Å². The largest absolute Gasteiger partial charge is 0.489 e. The topological polar surface area (TPSA) is 85.4 Å². The quantitative estimate of drug-likeness (QED) is 0.392. The van der Waals surface area contributed by atoms with E-state index in [1.54, 1.807) is 42.3 Å². The average molecular weight is 515 g/mol. The molecule has 2 atom stereocenters. The molecule has 1 saturated carbocycles. The Bertz CT molecular complexity index is 1230. The Hall–Kier alpha value is -3.69. The van der Waals surface area contributed by atoms with E-state index in [9.17, 15) is 23.2 Å². The highest BCUT2D eigenvalue weighted by Crippen LogP contribution is 2.39. The van der Waals surface area contributed by atoms with Crippen LogP contribution in [0.4, 0.5) is 8.78 Å². The zero-order valence-electron chi connectivity index (χ0n) is 20.6. The molecule has 10 heteroatoms. The van der Waals surface area contributed by atoms with Gasteiger partial charge in [-0.25, -0.2) is 4.79 Å². The molecule has 0 aromatic heterocycles. The fourth-order valence-electron chi connectivity index (χ4n) is 4.92. The average Bonchev–Trinajstić information content (AvgIpc) is 3.49. The summed E-state index contributed by atoms with van der Waals surface area (Å²) in [5.74, 6) is -0.244. The van der Waals surface area contributed by atoms with Gasteiger partial charge in [0, 0.05) is 38.5 Å². The van der Waals surface area contributed by atoms with E-state index in [-0.39, 0.29) is 35.8 Å². The van der Waals surface area contributed by atoms with Crippen molar-refractivity contribution in [2.45, 2.75) is 51.3 Å². The van der Waals surface area contributed by atoms with E-state index < -0.39 is 18.6 Å². The van der Waals surface area contributed by atoms with Crippen LogP contribution in [0.1, 0.15) is 53.6 Å². The molecular formula is C27H28F2N2O6. The summed E-state index contributed by atoms with van der Waals surface area (Å²) in [6, 6.07) is 8.82. The molecule has 2 aromatic carbocycles. The summed E-state index contributed by atoms with van der Waals surface area (Å²) < 4.78 is 41.8. The van der Waals surface area contributed by atoms with Crippen LogP contribution in [0.2, 0.25) is 0 Å². The molecule has 0 spiro atoms. The number of hydrogen-bond acceptors (Lipinski definition) is 6. The second-order valence-corrected chi connectivity index (χ2v) is 9.86. The van der Waals surface area contributed by atoms with Crippen LogP contribution in [-0.2, 0) is 16.1 Å². The fourth-order valence-corrected chi connectivity index (χ4v) is 4.92. The van der Waals surface area contributed by atoms with E-state index >= 15 is 0 Å². The van der Waals surface area contributed by atoms with Crippen molar-refractivity contribution in [3.05, 3.63) is 53.1 Å². The Morgan fingerprint density at radius 3 is 2.59 bits per heavy atom. The second-order valence-electron chi connectivity index (χ2n) is 9.86. The maximum absolute atomic E-state index is 13.1.